The fourth-order valence-corrected chi connectivity index (χ4v) is 12.2. The molecule has 3 fully saturated rings. The van der Waals surface area contributed by atoms with Crippen molar-refractivity contribution in [3.8, 4) is 0 Å². The van der Waals surface area contributed by atoms with E-state index in [0.29, 0.717) is 58.8 Å². The summed E-state index contributed by atoms with van der Waals surface area (Å²) in [5, 5.41) is 4.47. The van der Waals surface area contributed by atoms with Gasteiger partial charge in [-0.15, -0.1) is 0 Å². The standard InChI is InChI=1S/C32H39F3IN7O2S/c1-20-14-23(43-13-9-24-30(39-22-7-8-22)37-19-38-31(24)43)15-21(20)18-42(46(2,44)45)12-4-3-6-29-40-27-16-25(32(33,34)35)26(17-28(27)41-29)36-10-5-11-36/h9,13,16-17,19,21-23H,1,3-8,10-12,14-15,18H2,2H3,(H,40,41)(H,37,38,39)/t21-,23+/m1/s1. The van der Waals surface area contributed by atoms with Crippen LogP contribution in [0.3, 0.4) is 0 Å². The third-order valence-electron chi connectivity index (χ3n) is 9.35. The van der Waals surface area contributed by atoms with Crippen molar-refractivity contribution in [1.29, 1.82) is 0 Å². The predicted octanol–water partition coefficient (Wildman–Crippen LogP) is 6.77. The molecular weight excluding hydrogens is 730 g/mol. The van der Waals surface area contributed by atoms with Gasteiger partial charge in [0.2, 0.25) is 0 Å². The van der Waals surface area contributed by atoms with Crippen molar-refractivity contribution in [2.24, 2.45) is 5.92 Å². The third kappa shape index (κ3) is 6.66. The zero-order chi connectivity index (χ0) is 32.2. The number of benzene rings is 1. The SMILES string of the molecule is C=C1C[C@H](n2ccc3c(NC4CC4)ncnc32)C[C@@H]1CN(CCCCc1nc2cc(I3CCC3)c(C(F)(F)F)cc2[nH]1)S(C)(=O)=O. The van der Waals surface area contributed by atoms with E-state index in [0.717, 1.165) is 63.4 Å². The molecule has 14 heteroatoms. The average molecular weight is 770 g/mol. The molecule has 2 N–H and O–H groups in total. The van der Waals surface area contributed by atoms with Crippen LogP contribution in [-0.2, 0) is 22.6 Å². The molecule has 2 atom stereocenters. The maximum absolute atomic E-state index is 13.8. The number of halogens is 4. The van der Waals surface area contributed by atoms with E-state index < -0.39 is 41.6 Å². The van der Waals surface area contributed by atoms with Crippen LogP contribution >= 0.6 is 19.8 Å². The first-order chi connectivity index (χ1) is 21.9. The van der Waals surface area contributed by atoms with Crippen LogP contribution in [0.4, 0.5) is 19.0 Å². The number of imidazole rings is 1. The molecule has 7 rings (SSSR count). The summed E-state index contributed by atoms with van der Waals surface area (Å²) in [5.41, 5.74) is 2.40. The number of anilines is 1. The number of rotatable bonds is 12. The minimum absolute atomic E-state index is 0.0233. The summed E-state index contributed by atoms with van der Waals surface area (Å²) in [4.78, 5) is 16.7. The van der Waals surface area contributed by atoms with Crippen molar-refractivity contribution >= 4 is 57.7 Å². The first kappa shape index (κ1) is 31.9. The Bertz CT molecular complexity index is 1880. The summed E-state index contributed by atoms with van der Waals surface area (Å²) < 4.78 is 73.2. The van der Waals surface area contributed by atoms with Gasteiger partial charge in [-0.2, -0.15) is 0 Å². The van der Waals surface area contributed by atoms with Crippen LogP contribution < -0.4 is 5.32 Å². The van der Waals surface area contributed by atoms with Gasteiger partial charge in [-0.25, -0.2) is 9.97 Å². The number of unbranched alkanes of at least 4 members (excludes halogenated alkanes) is 1. The van der Waals surface area contributed by atoms with Gasteiger partial charge in [-0.05, 0) is 31.7 Å². The molecule has 0 radical (unpaired) electrons. The Morgan fingerprint density at radius 3 is 2.70 bits per heavy atom. The monoisotopic (exact) mass is 769 g/mol. The Morgan fingerprint density at radius 2 is 2.00 bits per heavy atom. The van der Waals surface area contributed by atoms with Crippen molar-refractivity contribution in [3.05, 3.63) is 57.8 Å². The molecule has 4 aromatic rings. The van der Waals surface area contributed by atoms with Crippen LogP contribution in [0.15, 0.2) is 42.9 Å². The van der Waals surface area contributed by atoms with Crippen molar-refractivity contribution < 1.29 is 21.6 Å². The van der Waals surface area contributed by atoms with Gasteiger partial charge in [0.15, 0.2) is 0 Å². The predicted molar refractivity (Wildman–Crippen MR) is 183 cm³/mol. The number of aromatic nitrogens is 5. The van der Waals surface area contributed by atoms with Crippen LogP contribution in [0.5, 0.6) is 0 Å². The summed E-state index contributed by atoms with van der Waals surface area (Å²) >= 11 is -1.75. The van der Waals surface area contributed by atoms with E-state index in [1.54, 1.807) is 16.7 Å². The summed E-state index contributed by atoms with van der Waals surface area (Å²) in [5.74, 6) is 1.51. The van der Waals surface area contributed by atoms with Gasteiger partial charge < -0.3 is 9.88 Å². The number of hydrogen-bond acceptors (Lipinski definition) is 6. The van der Waals surface area contributed by atoms with Crippen molar-refractivity contribution in [2.45, 2.75) is 69.6 Å². The maximum atomic E-state index is 13.8. The molecule has 3 aromatic heterocycles. The number of nitrogens with one attached hydrogen (secondary N) is 2. The summed E-state index contributed by atoms with van der Waals surface area (Å²) in [6.07, 6.45) is 7.17. The van der Waals surface area contributed by atoms with Crippen LogP contribution in [0, 0.1) is 9.49 Å². The molecule has 4 heterocycles. The van der Waals surface area contributed by atoms with Crippen LogP contribution in [0.1, 0.15) is 62.4 Å². The van der Waals surface area contributed by atoms with Crippen LogP contribution in [0.25, 0.3) is 22.1 Å². The third-order valence-corrected chi connectivity index (χ3v) is 17.3. The second-order valence-corrected chi connectivity index (χ2v) is 20.8. The zero-order valence-corrected chi connectivity index (χ0v) is 28.8. The zero-order valence-electron chi connectivity index (χ0n) is 25.8. The molecule has 0 spiro atoms. The number of aromatic amines is 1. The number of hydrogen-bond donors (Lipinski definition) is 2. The molecule has 0 bridgehead atoms. The van der Waals surface area contributed by atoms with Crippen molar-refractivity contribution in [3.63, 3.8) is 0 Å². The van der Waals surface area contributed by atoms with Gasteiger partial charge in [-0.1, -0.05) is 12.2 Å². The van der Waals surface area contributed by atoms with Crippen molar-refractivity contribution in [2.75, 3.05) is 33.5 Å². The number of aryl methyl sites for hydroxylation is 1. The van der Waals surface area contributed by atoms with E-state index in [1.807, 2.05) is 12.3 Å². The molecule has 248 valence electrons. The Balaban J connectivity index is 0.978. The molecule has 0 unspecified atom stereocenters. The molecule has 2 aliphatic carbocycles. The number of fused-ring (bicyclic) bond motifs is 2. The normalized spacial score (nSPS) is 21.5. The first-order valence-corrected chi connectivity index (χ1v) is 21.8. The fourth-order valence-electron chi connectivity index (χ4n) is 6.60. The molecule has 3 aliphatic rings. The molecule has 1 saturated heterocycles. The fraction of sp³-hybridized carbons (Fsp3) is 0.531. The quantitative estimate of drug-likeness (QED) is 0.0713. The van der Waals surface area contributed by atoms with Gasteiger partial charge in [0.1, 0.15) is 17.8 Å². The van der Waals surface area contributed by atoms with E-state index in [1.165, 1.54) is 12.3 Å². The number of H-pyrrole nitrogens is 1. The van der Waals surface area contributed by atoms with E-state index >= 15 is 0 Å². The Labute approximate surface area is 273 Å². The molecule has 2 saturated carbocycles. The van der Waals surface area contributed by atoms with Gasteiger partial charge in [0, 0.05) is 18.3 Å². The molecule has 0 amide bonds. The Hall–Kier alpha value is -2.72. The van der Waals surface area contributed by atoms with Gasteiger partial charge in [-0.3, -0.25) is 0 Å². The van der Waals surface area contributed by atoms with Gasteiger partial charge in [0.05, 0.1) is 5.39 Å². The minimum atomic E-state index is -4.37. The van der Waals surface area contributed by atoms with Crippen molar-refractivity contribution in [1.82, 2.24) is 28.8 Å². The van der Waals surface area contributed by atoms with E-state index in [-0.39, 0.29) is 12.0 Å². The Kier molecular flexibility index (Phi) is 8.58. The summed E-state index contributed by atoms with van der Waals surface area (Å²) in [7, 11) is -3.46. The van der Waals surface area contributed by atoms with E-state index in [9.17, 15) is 21.6 Å². The average Bonchev–Trinajstić information content (AvgIpc) is 3.34. The second kappa shape index (κ2) is 12.4. The molecular formula is C32H39F3IN7O2S. The number of alkyl halides is 5. The van der Waals surface area contributed by atoms with Gasteiger partial charge >= 0.3 is 170 Å². The molecule has 9 nitrogen and oxygen atoms in total. The van der Waals surface area contributed by atoms with Gasteiger partial charge in [0.25, 0.3) is 0 Å². The molecule has 1 aromatic carbocycles. The first-order valence-electron chi connectivity index (χ1n) is 15.9. The van der Waals surface area contributed by atoms with E-state index in [4.69, 9.17) is 0 Å². The van der Waals surface area contributed by atoms with Crippen LogP contribution in [-0.4, -0.2) is 71.5 Å². The Morgan fingerprint density at radius 1 is 1.20 bits per heavy atom. The van der Waals surface area contributed by atoms with Crippen LogP contribution in [0.2, 0.25) is 0 Å². The summed E-state index contributed by atoms with van der Waals surface area (Å²) in [6.45, 7) is 5.05. The topological polar surface area (TPSA) is 109 Å². The number of nitrogens with zero attached hydrogens (tertiary/aromatic N) is 5. The molecule has 46 heavy (non-hydrogen) atoms. The second-order valence-electron chi connectivity index (χ2n) is 12.8. The number of sulfonamides is 1. The van der Waals surface area contributed by atoms with E-state index in [2.05, 4.69) is 36.4 Å². The summed E-state index contributed by atoms with van der Waals surface area (Å²) in [6, 6.07) is 5.57. The molecule has 1 aliphatic heterocycles.